The summed E-state index contributed by atoms with van der Waals surface area (Å²) >= 11 is 0. The fourth-order valence-corrected chi connectivity index (χ4v) is 4.61. The van der Waals surface area contributed by atoms with Gasteiger partial charge in [-0.25, -0.2) is 0 Å². The van der Waals surface area contributed by atoms with Gasteiger partial charge in [-0.2, -0.15) is 5.10 Å². The van der Waals surface area contributed by atoms with Gasteiger partial charge in [0.2, 0.25) is 5.91 Å². The molecule has 2 rings (SSSR count). The molecular formula is C29H46N4O4. The SMILES string of the molecule is CCCN(C)C(=O)CC(CC(C)C)NC(=O)c1cc(-c2c(OC)cccc2OC)n(CC(CC)CC)n1. The minimum Gasteiger partial charge on any atom is -0.496 e. The van der Waals surface area contributed by atoms with E-state index in [1.807, 2.05) is 36.9 Å². The van der Waals surface area contributed by atoms with Crippen LogP contribution >= 0.6 is 0 Å². The Labute approximate surface area is 222 Å². The van der Waals surface area contributed by atoms with Crippen LogP contribution in [0.3, 0.4) is 0 Å². The number of methoxy groups -OCH3 is 2. The Morgan fingerprint density at radius 2 is 1.70 bits per heavy atom. The predicted molar refractivity (Wildman–Crippen MR) is 148 cm³/mol. The van der Waals surface area contributed by atoms with Gasteiger partial charge >= 0.3 is 0 Å². The van der Waals surface area contributed by atoms with Gasteiger partial charge in [-0.05, 0) is 42.9 Å². The van der Waals surface area contributed by atoms with Gasteiger partial charge in [0.25, 0.3) is 5.91 Å². The second kappa shape index (κ2) is 14.6. The third kappa shape index (κ3) is 8.23. The van der Waals surface area contributed by atoms with Crippen LogP contribution in [0.25, 0.3) is 11.3 Å². The van der Waals surface area contributed by atoms with Gasteiger partial charge in [-0.1, -0.05) is 53.5 Å². The number of hydrogen-bond acceptors (Lipinski definition) is 5. The molecule has 206 valence electrons. The lowest BCUT2D eigenvalue weighted by atomic mass is 10.00. The number of nitrogens with zero attached hydrogens (tertiary/aromatic N) is 3. The molecule has 0 aliphatic rings. The lowest BCUT2D eigenvalue weighted by molar-refractivity contribution is -0.130. The van der Waals surface area contributed by atoms with Crippen molar-refractivity contribution in [2.24, 2.45) is 11.8 Å². The summed E-state index contributed by atoms with van der Waals surface area (Å²) in [6.07, 6.45) is 3.88. The minimum absolute atomic E-state index is 0.0338. The van der Waals surface area contributed by atoms with Gasteiger partial charge < -0.3 is 19.7 Å². The molecule has 2 aromatic rings. The van der Waals surface area contributed by atoms with Crippen LogP contribution in [-0.4, -0.2) is 60.3 Å². The van der Waals surface area contributed by atoms with Gasteiger partial charge in [0.15, 0.2) is 5.69 Å². The Hall–Kier alpha value is -3.03. The van der Waals surface area contributed by atoms with Gasteiger partial charge in [-0.15, -0.1) is 0 Å². The molecule has 0 spiro atoms. The number of carbonyl (C=O) groups is 2. The maximum absolute atomic E-state index is 13.5. The first-order valence-electron chi connectivity index (χ1n) is 13.5. The highest BCUT2D eigenvalue weighted by Crippen LogP contribution is 2.39. The van der Waals surface area contributed by atoms with Crippen LogP contribution in [0.4, 0.5) is 0 Å². The van der Waals surface area contributed by atoms with Crippen molar-refractivity contribution in [2.45, 2.75) is 79.3 Å². The summed E-state index contributed by atoms with van der Waals surface area (Å²) < 4.78 is 13.2. The van der Waals surface area contributed by atoms with E-state index >= 15 is 0 Å². The van der Waals surface area contributed by atoms with Crippen LogP contribution in [0.2, 0.25) is 0 Å². The van der Waals surface area contributed by atoms with E-state index in [0.717, 1.165) is 30.5 Å². The van der Waals surface area contributed by atoms with E-state index < -0.39 is 0 Å². The Morgan fingerprint density at radius 1 is 1.08 bits per heavy atom. The molecule has 8 nitrogen and oxygen atoms in total. The van der Waals surface area contributed by atoms with Gasteiger partial charge in [0, 0.05) is 32.6 Å². The topological polar surface area (TPSA) is 85.7 Å². The summed E-state index contributed by atoms with van der Waals surface area (Å²) in [7, 11) is 5.06. The monoisotopic (exact) mass is 514 g/mol. The van der Waals surface area contributed by atoms with Crippen molar-refractivity contribution < 1.29 is 19.1 Å². The van der Waals surface area contributed by atoms with Crippen LogP contribution < -0.4 is 14.8 Å². The molecule has 1 N–H and O–H groups in total. The first kappa shape index (κ1) is 30.2. The second-order valence-electron chi connectivity index (χ2n) is 10.1. The zero-order chi connectivity index (χ0) is 27.5. The van der Waals surface area contributed by atoms with Crippen molar-refractivity contribution in [2.75, 3.05) is 27.8 Å². The summed E-state index contributed by atoms with van der Waals surface area (Å²) in [5.41, 5.74) is 1.85. The quantitative estimate of drug-likeness (QED) is 0.344. The molecule has 0 saturated carbocycles. The molecule has 0 saturated heterocycles. The summed E-state index contributed by atoms with van der Waals surface area (Å²) in [4.78, 5) is 27.9. The molecule has 2 amide bonds. The number of aromatic nitrogens is 2. The predicted octanol–water partition coefficient (Wildman–Crippen LogP) is 5.41. The second-order valence-corrected chi connectivity index (χ2v) is 10.1. The van der Waals surface area contributed by atoms with Crippen molar-refractivity contribution >= 4 is 11.8 Å². The molecular weight excluding hydrogens is 468 g/mol. The molecule has 0 fully saturated rings. The van der Waals surface area contributed by atoms with E-state index in [-0.39, 0.29) is 24.3 Å². The zero-order valence-corrected chi connectivity index (χ0v) is 24.0. The molecule has 1 aromatic heterocycles. The third-order valence-corrected chi connectivity index (χ3v) is 6.78. The van der Waals surface area contributed by atoms with Gasteiger partial charge in [0.05, 0.1) is 25.5 Å². The molecule has 1 unspecified atom stereocenters. The van der Waals surface area contributed by atoms with Crippen molar-refractivity contribution in [3.8, 4) is 22.8 Å². The summed E-state index contributed by atoms with van der Waals surface area (Å²) in [5, 5.41) is 7.85. The summed E-state index contributed by atoms with van der Waals surface area (Å²) in [6.45, 7) is 11.9. The van der Waals surface area contributed by atoms with E-state index in [0.29, 0.717) is 48.5 Å². The number of nitrogens with one attached hydrogen (secondary N) is 1. The molecule has 0 radical (unpaired) electrons. The maximum Gasteiger partial charge on any atom is 0.272 e. The van der Waals surface area contributed by atoms with E-state index in [9.17, 15) is 9.59 Å². The first-order valence-corrected chi connectivity index (χ1v) is 13.5. The molecule has 0 bridgehead atoms. The summed E-state index contributed by atoms with van der Waals surface area (Å²) in [5.74, 6) is 1.80. The van der Waals surface area contributed by atoms with E-state index in [2.05, 4.69) is 33.0 Å². The Morgan fingerprint density at radius 3 is 2.22 bits per heavy atom. The third-order valence-electron chi connectivity index (χ3n) is 6.78. The van der Waals surface area contributed by atoms with Crippen LogP contribution in [0.15, 0.2) is 24.3 Å². The molecule has 1 aromatic carbocycles. The van der Waals surface area contributed by atoms with Crippen LogP contribution in [0, 0.1) is 11.8 Å². The zero-order valence-electron chi connectivity index (χ0n) is 24.0. The normalized spacial score (nSPS) is 12.1. The Bertz CT molecular complexity index is 991. The number of carbonyl (C=O) groups excluding carboxylic acids is 2. The molecule has 8 heteroatoms. The molecule has 37 heavy (non-hydrogen) atoms. The molecule has 0 aliphatic carbocycles. The lowest BCUT2D eigenvalue weighted by Gasteiger charge is -2.23. The maximum atomic E-state index is 13.5. The molecule has 1 atom stereocenters. The van der Waals surface area contributed by atoms with Crippen molar-refractivity contribution in [1.82, 2.24) is 20.0 Å². The Kier molecular flexibility index (Phi) is 12.0. The first-order chi connectivity index (χ1) is 17.7. The van der Waals surface area contributed by atoms with E-state index in [1.165, 1.54) is 0 Å². The summed E-state index contributed by atoms with van der Waals surface area (Å²) in [6, 6.07) is 7.16. The smallest absolute Gasteiger partial charge is 0.272 e. The van der Waals surface area contributed by atoms with Crippen LogP contribution in [0.1, 0.15) is 77.2 Å². The average Bonchev–Trinajstić information content (AvgIpc) is 3.29. The van der Waals surface area contributed by atoms with Crippen molar-refractivity contribution in [3.05, 3.63) is 30.0 Å². The standard InChI is InChI=1S/C29H46N4O4/c1-9-15-32(6)27(34)17-22(16-20(4)5)30-29(35)23-18-24(33(31-23)19-21(10-2)11-3)28-25(36-7)13-12-14-26(28)37-8/h12-14,18,20-22H,9-11,15-17,19H2,1-8H3,(H,30,35). The Balaban J connectivity index is 2.45. The van der Waals surface area contributed by atoms with Crippen molar-refractivity contribution in [3.63, 3.8) is 0 Å². The molecule has 1 heterocycles. The molecule has 0 aliphatic heterocycles. The average molecular weight is 515 g/mol. The fraction of sp³-hybridized carbons (Fsp3) is 0.621. The minimum atomic E-state index is -0.282. The highest BCUT2D eigenvalue weighted by atomic mass is 16.5. The number of ether oxygens (including phenoxy) is 2. The van der Waals surface area contributed by atoms with Crippen LogP contribution in [0.5, 0.6) is 11.5 Å². The number of rotatable bonds is 15. The fourth-order valence-electron chi connectivity index (χ4n) is 4.61. The van der Waals surface area contributed by atoms with Crippen LogP contribution in [-0.2, 0) is 11.3 Å². The number of benzene rings is 1. The van der Waals surface area contributed by atoms with E-state index in [1.54, 1.807) is 25.2 Å². The number of hydrogen-bond donors (Lipinski definition) is 1. The highest BCUT2D eigenvalue weighted by molar-refractivity contribution is 5.94. The lowest BCUT2D eigenvalue weighted by Crippen LogP contribution is -2.40. The van der Waals surface area contributed by atoms with Gasteiger partial charge in [-0.3, -0.25) is 14.3 Å². The van der Waals surface area contributed by atoms with Gasteiger partial charge in [0.1, 0.15) is 11.5 Å². The van der Waals surface area contributed by atoms with Crippen molar-refractivity contribution in [1.29, 1.82) is 0 Å². The van der Waals surface area contributed by atoms with E-state index in [4.69, 9.17) is 14.6 Å². The largest absolute Gasteiger partial charge is 0.496 e. The highest BCUT2D eigenvalue weighted by Gasteiger charge is 2.25. The number of amides is 2.